The van der Waals surface area contributed by atoms with Gasteiger partial charge < -0.3 is 10.1 Å². The van der Waals surface area contributed by atoms with Crippen molar-refractivity contribution in [2.75, 3.05) is 18.2 Å². The highest BCUT2D eigenvalue weighted by molar-refractivity contribution is 7.99. The summed E-state index contributed by atoms with van der Waals surface area (Å²) in [6.45, 7) is 0. The molecule has 0 aliphatic carbocycles. The fourth-order valence-electron chi connectivity index (χ4n) is 2.18. The molecular formula is C16H13Cl2N5O2S. The third-order valence-electron chi connectivity index (χ3n) is 3.23. The van der Waals surface area contributed by atoms with E-state index in [4.69, 9.17) is 27.9 Å². The fourth-order valence-corrected chi connectivity index (χ4v) is 3.39. The lowest BCUT2D eigenvalue weighted by Crippen LogP contribution is -2.14. The van der Waals surface area contributed by atoms with Crippen LogP contribution in [0.5, 0.6) is 5.75 Å². The van der Waals surface area contributed by atoms with Gasteiger partial charge in [0.15, 0.2) is 0 Å². The molecule has 1 aromatic heterocycles. The summed E-state index contributed by atoms with van der Waals surface area (Å²) in [6, 6.07) is 12.2. The molecule has 26 heavy (non-hydrogen) atoms. The van der Waals surface area contributed by atoms with Crippen LogP contribution in [-0.4, -0.2) is 39.0 Å². The number of amides is 1. The molecule has 1 N–H and O–H groups in total. The zero-order valence-corrected chi connectivity index (χ0v) is 15.8. The lowest BCUT2D eigenvalue weighted by Gasteiger charge is -2.09. The molecule has 0 aliphatic rings. The van der Waals surface area contributed by atoms with Crippen molar-refractivity contribution in [2.24, 2.45) is 0 Å². The second-order valence-electron chi connectivity index (χ2n) is 5.04. The van der Waals surface area contributed by atoms with Crippen LogP contribution in [0.2, 0.25) is 10.0 Å². The van der Waals surface area contributed by atoms with Crippen LogP contribution in [-0.2, 0) is 4.79 Å². The van der Waals surface area contributed by atoms with Gasteiger partial charge in [0.05, 0.1) is 12.9 Å². The van der Waals surface area contributed by atoms with Crippen molar-refractivity contribution >= 4 is 46.6 Å². The average Bonchev–Trinajstić information content (AvgIpc) is 3.07. The summed E-state index contributed by atoms with van der Waals surface area (Å²) in [7, 11) is 1.57. The lowest BCUT2D eigenvalue weighted by molar-refractivity contribution is -0.113. The minimum Gasteiger partial charge on any atom is -0.494 e. The van der Waals surface area contributed by atoms with Crippen LogP contribution in [0.25, 0.3) is 5.69 Å². The van der Waals surface area contributed by atoms with Crippen molar-refractivity contribution < 1.29 is 9.53 Å². The van der Waals surface area contributed by atoms with Crippen molar-refractivity contribution in [1.29, 1.82) is 0 Å². The third kappa shape index (κ3) is 4.46. The van der Waals surface area contributed by atoms with Gasteiger partial charge in [-0.2, -0.15) is 4.68 Å². The van der Waals surface area contributed by atoms with Gasteiger partial charge in [0.2, 0.25) is 11.1 Å². The molecule has 0 saturated carbocycles. The van der Waals surface area contributed by atoms with Crippen LogP contribution in [0.3, 0.4) is 0 Å². The molecule has 0 fully saturated rings. The maximum atomic E-state index is 12.2. The van der Waals surface area contributed by atoms with Gasteiger partial charge in [-0.05, 0) is 40.8 Å². The van der Waals surface area contributed by atoms with Gasteiger partial charge in [-0.1, -0.05) is 47.1 Å². The number of hydrogen-bond donors (Lipinski definition) is 1. The number of hydrogen-bond acceptors (Lipinski definition) is 6. The van der Waals surface area contributed by atoms with E-state index in [1.807, 2.05) is 18.2 Å². The Bertz CT molecular complexity index is 914. The maximum Gasteiger partial charge on any atom is 0.234 e. The van der Waals surface area contributed by atoms with Crippen LogP contribution >= 0.6 is 35.0 Å². The normalized spacial score (nSPS) is 10.6. The van der Waals surface area contributed by atoms with E-state index in [9.17, 15) is 4.79 Å². The zero-order valence-electron chi connectivity index (χ0n) is 13.5. The predicted octanol–water partition coefficient (Wildman–Crippen LogP) is 3.71. The van der Waals surface area contributed by atoms with Crippen LogP contribution in [0, 0.1) is 0 Å². The highest BCUT2D eigenvalue weighted by atomic mass is 35.5. The molecule has 3 rings (SSSR count). The minimum atomic E-state index is -0.233. The van der Waals surface area contributed by atoms with Gasteiger partial charge in [-0.3, -0.25) is 4.79 Å². The number of benzene rings is 2. The SMILES string of the molecule is COc1ccccc1-n1nnnc1SCC(=O)Nc1cc(Cl)cc(Cl)c1. The second kappa shape index (κ2) is 8.39. The lowest BCUT2D eigenvalue weighted by atomic mass is 10.3. The summed E-state index contributed by atoms with van der Waals surface area (Å²) >= 11 is 13.0. The summed E-state index contributed by atoms with van der Waals surface area (Å²) < 4.78 is 6.84. The number of anilines is 1. The number of tetrazole rings is 1. The number of methoxy groups -OCH3 is 1. The third-order valence-corrected chi connectivity index (χ3v) is 4.59. The first kappa shape index (κ1) is 18.5. The van der Waals surface area contributed by atoms with Crippen molar-refractivity contribution in [3.63, 3.8) is 0 Å². The molecular weight excluding hydrogens is 397 g/mol. The molecule has 0 radical (unpaired) electrons. The number of carbonyl (C=O) groups excluding carboxylic acids is 1. The number of rotatable bonds is 6. The molecule has 10 heteroatoms. The molecule has 0 bridgehead atoms. The Morgan fingerprint density at radius 2 is 1.96 bits per heavy atom. The maximum absolute atomic E-state index is 12.2. The molecule has 0 aliphatic heterocycles. The number of carbonyl (C=O) groups is 1. The largest absolute Gasteiger partial charge is 0.494 e. The van der Waals surface area contributed by atoms with Crippen molar-refractivity contribution in [3.05, 3.63) is 52.5 Å². The molecule has 0 unspecified atom stereocenters. The Labute approximate surface area is 163 Å². The van der Waals surface area contributed by atoms with Crippen LogP contribution in [0.15, 0.2) is 47.6 Å². The summed E-state index contributed by atoms with van der Waals surface area (Å²) in [5.41, 5.74) is 1.21. The van der Waals surface area contributed by atoms with Crippen molar-refractivity contribution in [2.45, 2.75) is 5.16 Å². The molecule has 0 atom stereocenters. The molecule has 1 heterocycles. The highest BCUT2D eigenvalue weighted by Crippen LogP contribution is 2.26. The van der Waals surface area contributed by atoms with E-state index >= 15 is 0 Å². The number of thioether (sulfide) groups is 1. The smallest absolute Gasteiger partial charge is 0.234 e. The zero-order chi connectivity index (χ0) is 18.5. The van der Waals surface area contributed by atoms with Gasteiger partial charge in [0, 0.05) is 15.7 Å². The number of nitrogens with one attached hydrogen (secondary N) is 1. The molecule has 7 nitrogen and oxygen atoms in total. The summed E-state index contributed by atoms with van der Waals surface area (Å²) in [5.74, 6) is 0.502. The Kier molecular flexibility index (Phi) is 5.97. The first-order chi connectivity index (χ1) is 12.6. The topological polar surface area (TPSA) is 81.9 Å². The van der Waals surface area contributed by atoms with E-state index in [0.29, 0.717) is 32.3 Å². The van der Waals surface area contributed by atoms with Crippen molar-refractivity contribution in [3.8, 4) is 11.4 Å². The van der Waals surface area contributed by atoms with E-state index in [-0.39, 0.29) is 11.7 Å². The molecule has 1 amide bonds. The minimum absolute atomic E-state index is 0.111. The molecule has 0 spiro atoms. The van der Waals surface area contributed by atoms with Crippen LogP contribution in [0.4, 0.5) is 5.69 Å². The Balaban J connectivity index is 1.69. The summed E-state index contributed by atoms with van der Waals surface area (Å²) in [6.07, 6.45) is 0. The predicted molar refractivity (Wildman–Crippen MR) is 102 cm³/mol. The average molecular weight is 410 g/mol. The van der Waals surface area contributed by atoms with Gasteiger partial charge in [-0.25, -0.2) is 0 Å². The number of nitrogens with zero attached hydrogens (tertiary/aromatic N) is 4. The Morgan fingerprint density at radius 1 is 1.23 bits per heavy atom. The van der Waals surface area contributed by atoms with Crippen LogP contribution in [0.1, 0.15) is 0 Å². The molecule has 0 saturated heterocycles. The summed E-state index contributed by atoms with van der Waals surface area (Å²) in [5, 5.41) is 15.7. The van der Waals surface area contributed by atoms with Crippen LogP contribution < -0.4 is 10.1 Å². The van der Waals surface area contributed by atoms with E-state index in [2.05, 4.69) is 20.8 Å². The van der Waals surface area contributed by atoms with E-state index in [0.717, 1.165) is 0 Å². The van der Waals surface area contributed by atoms with Crippen molar-refractivity contribution in [1.82, 2.24) is 20.2 Å². The molecule has 134 valence electrons. The highest BCUT2D eigenvalue weighted by Gasteiger charge is 2.14. The second-order valence-corrected chi connectivity index (χ2v) is 6.86. The van der Waals surface area contributed by atoms with E-state index in [1.165, 1.54) is 16.4 Å². The first-order valence-corrected chi connectivity index (χ1v) is 9.11. The standard InChI is InChI=1S/C16H13Cl2N5O2S/c1-25-14-5-3-2-4-13(14)23-16(20-21-22-23)26-9-15(24)19-12-7-10(17)6-11(18)8-12/h2-8H,9H2,1H3,(H,19,24). The van der Waals surface area contributed by atoms with Gasteiger partial charge >= 0.3 is 0 Å². The molecule has 3 aromatic rings. The number of halogens is 2. The number of ether oxygens (including phenoxy) is 1. The van der Waals surface area contributed by atoms with E-state index < -0.39 is 0 Å². The summed E-state index contributed by atoms with van der Waals surface area (Å²) in [4.78, 5) is 12.2. The first-order valence-electron chi connectivity index (χ1n) is 7.37. The Morgan fingerprint density at radius 3 is 2.69 bits per heavy atom. The number of aromatic nitrogens is 4. The monoisotopic (exact) mass is 409 g/mol. The van der Waals surface area contributed by atoms with Gasteiger partial charge in [0.25, 0.3) is 0 Å². The quantitative estimate of drug-likeness (QED) is 0.624. The Hall–Kier alpha value is -2.29. The van der Waals surface area contributed by atoms with E-state index in [1.54, 1.807) is 31.4 Å². The van der Waals surface area contributed by atoms with Gasteiger partial charge in [0.1, 0.15) is 11.4 Å². The molecule has 2 aromatic carbocycles. The fraction of sp³-hybridized carbons (Fsp3) is 0.125. The van der Waals surface area contributed by atoms with Gasteiger partial charge in [-0.15, -0.1) is 5.10 Å². The number of para-hydroxylation sites is 2.